The smallest absolute Gasteiger partial charge is 0.411 e. The fraction of sp³-hybridized carbons (Fsp3) is 0.650. The minimum atomic E-state index is -0.414. The molecule has 5 nitrogen and oxygen atoms in total. The number of halogens is 1. The lowest BCUT2D eigenvalue weighted by Gasteiger charge is -2.40. The third-order valence-corrected chi connectivity index (χ3v) is 4.89. The van der Waals surface area contributed by atoms with Gasteiger partial charge in [-0.1, -0.05) is 25.4 Å². The molecule has 1 unspecified atom stereocenters. The summed E-state index contributed by atoms with van der Waals surface area (Å²) < 4.78 is 5.24. The van der Waals surface area contributed by atoms with Gasteiger partial charge >= 0.3 is 6.09 Å². The maximum absolute atomic E-state index is 11.7. The van der Waals surface area contributed by atoms with Gasteiger partial charge in [0.15, 0.2) is 0 Å². The van der Waals surface area contributed by atoms with Crippen LogP contribution in [-0.2, 0) is 4.74 Å². The van der Waals surface area contributed by atoms with Crippen molar-refractivity contribution in [2.45, 2.75) is 39.7 Å². The maximum Gasteiger partial charge on any atom is 0.411 e. The van der Waals surface area contributed by atoms with Crippen molar-refractivity contribution in [2.75, 3.05) is 44.6 Å². The van der Waals surface area contributed by atoms with E-state index >= 15 is 0 Å². The average Bonchev–Trinajstić information content (AvgIpc) is 2.58. The van der Waals surface area contributed by atoms with Crippen LogP contribution in [0.15, 0.2) is 24.3 Å². The number of nitrogens with zero attached hydrogens (tertiary/aromatic N) is 2. The summed E-state index contributed by atoms with van der Waals surface area (Å²) in [6.45, 7) is 13.0. The number of amides is 1. The third kappa shape index (κ3) is 7.52. The van der Waals surface area contributed by atoms with Gasteiger partial charge in [0.25, 0.3) is 0 Å². The number of nitrogens with one attached hydrogen (secondary N) is 1. The van der Waals surface area contributed by atoms with Gasteiger partial charge in [-0.2, -0.15) is 0 Å². The molecule has 0 aromatic heterocycles. The van der Waals surface area contributed by atoms with Gasteiger partial charge in [-0.05, 0) is 56.5 Å². The summed E-state index contributed by atoms with van der Waals surface area (Å²) in [5.41, 5.74) is 0.688. The van der Waals surface area contributed by atoms with Crippen LogP contribution >= 0.6 is 11.6 Å². The summed E-state index contributed by atoms with van der Waals surface area (Å²) in [4.78, 5) is 16.9. The van der Waals surface area contributed by atoms with Crippen molar-refractivity contribution in [3.8, 4) is 0 Å². The van der Waals surface area contributed by atoms with Crippen LogP contribution in [0.4, 0.5) is 10.5 Å². The number of hydrogen-bond acceptors (Lipinski definition) is 4. The fourth-order valence-corrected chi connectivity index (χ4v) is 3.43. The van der Waals surface area contributed by atoms with E-state index in [-0.39, 0.29) is 0 Å². The van der Waals surface area contributed by atoms with E-state index in [2.05, 4.69) is 35.9 Å². The number of carbonyl (C=O) groups excluding carboxylic acids is 1. The molecule has 26 heavy (non-hydrogen) atoms. The van der Waals surface area contributed by atoms with Crippen LogP contribution in [0.1, 0.15) is 33.6 Å². The highest BCUT2D eigenvalue weighted by molar-refractivity contribution is 6.30. The molecule has 0 aliphatic carbocycles. The number of benzene rings is 1. The lowest BCUT2D eigenvalue weighted by molar-refractivity contribution is 0.0722. The van der Waals surface area contributed by atoms with Crippen molar-refractivity contribution in [3.05, 3.63) is 29.3 Å². The Hall–Kier alpha value is -1.30. The third-order valence-electron chi connectivity index (χ3n) is 4.64. The molecule has 1 amide bonds. The molecule has 1 fully saturated rings. The first-order valence-electron chi connectivity index (χ1n) is 9.60. The van der Waals surface area contributed by atoms with Gasteiger partial charge in [0.2, 0.25) is 0 Å². The molecule has 0 saturated carbocycles. The van der Waals surface area contributed by atoms with E-state index in [0.717, 1.165) is 44.9 Å². The molecule has 0 spiro atoms. The SMILES string of the molecule is CC(C)CN1CCN(CCCCOC(=O)Nc2ccc(Cl)cc2)CC1C. The van der Waals surface area contributed by atoms with Crippen LogP contribution in [0.5, 0.6) is 0 Å². The summed E-state index contributed by atoms with van der Waals surface area (Å²) in [5, 5.41) is 3.34. The zero-order valence-corrected chi connectivity index (χ0v) is 17.0. The first kappa shape index (κ1) is 21.0. The molecule has 0 bridgehead atoms. The van der Waals surface area contributed by atoms with E-state index in [1.807, 2.05) is 0 Å². The summed E-state index contributed by atoms with van der Waals surface area (Å²) in [6, 6.07) is 7.60. The van der Waals surface area contributed by atoms with Gasteiger partial charge in [-0.15, -0.1) is 0 Å². The molecule has 1 saturated heterocycles. The molecule has 1 atom stereocenters. The van der Waals surface area contributed by atoms with Gasteiger partial charge in [-0.25, -0.2) is 4.79 Å². The van der Waals surface area contributed by atoms with Gasteiger partial charge < -0.3 is 9.64 Å². The zero-order valence-electron chi connectivity index (χ0n) is 16.2. The molecular formula is C20H32ClN3O2. The van der Waals surface area contributed by atoms with Crippen molar-refractivity contribution < 1.29 is 9.53 Å². The largest absolute Gasteiger partial charge is 0.449 e. The Morgan fingerprint density at radius 2 is 2.00 bits per heavy atom. The summed E-state index contributed by atoms with van der Waals surface area (Å²) in [5.74, 6) is 0.722. The van der Waals surface area contributed by atoms with E-state index in [1.165, 1.54) is 6.54 Å². The number of carbonyl (C=O) groups is 1. The molecule has 1 aromatic rings. The second-order valence-electron chi connectivity index (χ2n) is 7.51. The normalized spacial score (nSPS) is 18.9. The number of ether oxygens (including phenoxy) is 1. The second kappa shape index (κ2) is 10.8. The monoisotopic (exact) mass is 381 g/mol. The number of hydrogen-bond donors (Lipinski definition) is 1. The van der Waals surface area contributed by atoms with Crippen LogP contribution in [0, 0.1) is 5.92 Å². The summed E-state index contributed by atoms with van der Waals surface area (Å²) in [6.07, 6.45) is 1.52. The number of unbranched alkanes of at least 4 members (excludes halogenated alkanes) is 1. The lowest BCUT2D eigenvalue weighted by atomic mass is 10.1. The van der Waals surface area contributed by atoms with Crippen molar-refractivity contribution in [2.24, 2.45) is 5.92 Å². The van der Waals surface area contributed by atoms with Crippen LogP contribution in [0.25, 0.3) is 0 Å². The molecule has 0 radical (unpaired) electrons. The van der Waals surface area contributed by atoms with Crippen molar-refractivity contribution >= 4 is 23.4 Å². The van der Waals surface area contributed by atoms with Crippen molar-refractivity contribution in [1.82, 2.24) is 9.80 Å². The number of piperazine rings is 1. The van der Waals surface area contributed by atoms with E-state index in [4.69, 9.17) is 16.3 Å². The van der Waals surface area contributed by atoms with Crippen LogP contribution < -0.4 is 5.32 Å². The maximum atomic E-state index is 11.7. The van der Waals surface area contributed by atoms with E-state index in [9.17, 15) is 4.79 Å². The first-order chi connectivity index (χ1) is 12.4. The molecule has 1 N–H and O–H groups in total. The van der Waals surface area contributed by atoms with Crippen LogP contribution in [0.2, 0.25) is 5.02 Å². The van der Waals surface area contributed by atoms with Crippen molar-refractivity contribution in [3.63, 3.8) is 0 Å². The minimum absolute atomic E-state index is 0.414. The number of anilines is 1. The van der Waals surface area contributed by atoms with Gasteiger partial charge in [-0.3, -0.25) is 10.2 Å². The Bertz CT molecular complexity index is 550. The minimum Gasteiger partial charge on any atom is -0.449 e. The highest BCUT2D eigenvalue weighted by Gasteiger charge is 2.23. The van der Waals surface area contributed by atoms with Crippen LogP contribution in [0.3, 0.4) is 0 Å². The van der Waals surface area contributed by atoms with E-state index in [1.54, 1.807) is 24.3 Å². The fourth-order valence-electron chi connectivity index (χ4n) is 3.30. The Balaban J connectivity index is 1.55. The summed E-state index contributed by atoms with van der Waals surface area (Å²) in [7, 11) is 0. The zero-order chi connectivity index (χ0) is 18.9. The summed E-state index contributed by atoms with van der Waals surface area (Å²) >= 11 is 5.82. The molecule has 1 aliphatic heterocycles. The number of rotatable bonds is 8. The lowest BCUT2D eigenvalue weighted by Crippen LogP contribution is -2.52. The average molecular weight is 382 g/mol. The molecule has 1 aromatic carbocycles. The van der Waals surface area contributed by atoms with Gasteiger partial charge in [0.05, 0.1) is 6.61 Å². The van der Waals surface area contributed by atoms with Gasteiger partial charge in [0, 0.05) is 42.9 Å². The molecule has 1 heterocycles. The standard InChI is InChI=1S/C20H32ClN3O2/c1-16(2)14-24-12-11-23(15-17(24)3)10-4-5-13-26-20(25)22-19-8-6-18(21)7-9-19/h6-9,16-17H,4-5,10-15H2,1-3H3,(H,22,25). The quantitative estimate of drug-likeness (QED) is 0.680. The second-order valence-corrected chi connectivity index (χ2v) is 7.95. The first-order valence-corrected chi connectivity index (χ1v) is 9.97. The molecule has 2 rings (SSSR count). The van der Waals surface area contributed by atoms with Crippen molar-refractivity contribution in [1.29, 1.82) is 0 Å². The highest BCUT2D eigenvalue weighted by atomic mass is 35.5. The Morgan fingerprint density at radius 1 is 1.27 bits per heavy atom. The highest BCUT2D eigenvalue weighted by Crippen LogP contribution is 2.14. The molecular weight excluding hydrogens is 350 g/mol. The topological polar surface area (TPSA) is 44.8 Å². The predicted octanol–water partition coefficient (Wildman–Crippen LogP) is 4.33. The van der Waals surface area contributed by atoms with E-state index in [0.29, 0.717) is 23.4 Å². The Kier molecular flexibility index (Phi) is 8.69. The molecule has 1 aliphatic rings. The molecule has 6 heteroatoms. The Morgan fingerprint density at radius 3 is 2.65 bits per heavy atom. The Labute approximate surface area is 162 Å². The van der Waals surface area contributed by atoms with Gasteiger partial charge in [0.1, 0.15) is 0 Å². The molecule has 146 valence electrons. The predicted molar refractivity (Wildman–Crippen MR) is 108 cm³/mol. The van der Waals surface area contributed by atoms with E-state index < -0.39 is 6.09 Å². The van der Waals surface area contributed by atoms with Crippen LogP contribution in [-0.4, -0.2) is 61.3 Å².